The van der Waals surface area contributed by atoms with Gasteiger partial charge in [-0.2, -0.15) is 0 Å². The van der Waals surface area contributed by atoms with Gasteiger partial charge in [0.1, 0.15) is 10.6 Å². The summed E-state index contributed by atoms with van der Waals surface area (Å²) in [5.74, 6) is -0.848. The zero-order chi connectivity index (χ0) is 20.8. The quantitative estimate of drug-likeness (QED) is 0.345. The van der Waals surface area contributed by atoms with Crippen LogP contribution in [0.25, 0.3) is 17.2 Å². The Morgan fingerprint density at radius 1 is 1.10 bits per heavy atom. The number of ether oxygens (including phenoxy) is 1. The summed E-state index contributed by atoms with van der Waals surface area (Å²) in [6.45, 7) is 1.98. The second-order valence-corrected chi connectivity index (χ2v) is 7.63. The highest BCUT2D eigenvalue weighted by atomic mass is 35.5. The summed E-state index contributed by atoms with van der Waals surface area (Å²) in [6, 6.07) is 14.6. The Morgan fingerprint density at radius 3 is 2.55 bits per heavy atom. The molecule has 3 rings (SSSR count). The Hall–Kier alpha value is -2.60. The van der Waals surface area contributed by atoms with Crippen molar-refractivity contribution in [2.75, 3.05) is 11.9 Å². The van der Waals surface area contributed by atoms with E-state index in [1.54, 1.807) is 31.2 Å². The van der Waals surface area contributed by atoms with Gasteiger partial charge in [-0.05, 0) is 36.3 Å². The van der Waals surface area contributed by atoms with Gasteiger partial charge in [-0.3, -0.25) is 4.79 Å². The minimum Gasteiger partial charge on any atom is -0.462 e. The number of rotatable bonds is 6. The normalized spacial score (nSPS) is 10.9. The molecule has 1 amide bonds. The molecule has 7 heteroatoms. The number of nitrogens with one attached hydrogen (secondary N) is 1. The molecule has 0 saturated carbocycles. The van der Waals surface area contributed by atoms with Crippen LogP contribution in [-0.2, 0) is 9.53 Å². The molecule has 0 aliphatic heterocycles. The molecule has 1 aromatic heterocycles. The first-order valence-corrected chi connectivity index (χ1v) is 10.4. The maximum absolute atomic E-state index is 12.5. The lowest BCUT2D eigenvalue weighted by Crippen LogP contribution is -2.12. The number of carbonyl (C=O) groups excluding carboxylic acids is 2. The van der Waals surface area contributed by atoms with Crippen LogP contribution < -0.4 is 5.32 Å². The monoisotopic (exact) mass is 445 g/mol. The third kappa shape index (κ3) is 5.26. The van der Waals surface area contributed by atoms with Crippen LogP contribution >= 0.6 is 34.5 Å². The van der Waals surface area contributed by atoms with E-state index < -0.39 is 5.97 Å². The minimum absolute atomic E-state index is 0.244. The van der Waals surface area contributed by atoms with E-state index in [-0.39, 0.29) is 12.5 Å². The molecule has 0 spiro atoms. The van der Waals surface area contributed by atoms with Crippen LogP contribution in [0.4, 0.5) is 5.00 Å². The van der Waals surface area contributed by atoms with E-state index >= 15 is 0 Å². The van der Waals surface area contributed by atoms with Gasteiger partial charge in [0.15, 0.2) is 0 Å². The average Bonchev–Trinajstić information content (AvgIpc) is 3.13. The number of amides is 1. The molecule has 148 valence electrons. The molecule has 0 saturated heterocycles. The molecule has 0 aliphatic rings. The van der Waals surface area contributed by atoms with Crippen LogP contribution in [0.2, 0.25) is 10.0 Å². The molecule has 0 radical (unpaired) electrons. The highest BCUT2D eigenvalue weighted by molar-refractivity contribution is 7.15. The number of hydrogen-bond donors (Lipinski definition) is 1. The largest absolute Gasteiger partial charge is 0.462 e. The molecule has 2 aromatic carbocycles. The second kappa shape index (κ2) is 9.74. The van der Waals surface area contributed by atoms with Crippen LogP contribution in [0.15, 0.2) is 60.0 Å². The van der Waals surface area contributed by atoms with E-state index in [1.807, 2.05) is 35.7 Å². The van der Waals surface area contributed by atoms with Crippen molar-refractivity contribution in [2.24, 2.45) is 0 Å². The van der Waals surface area contributed by atoms with Gasteiger partial charge in [0.05, 0.1) is 16.7 Å². The first-order chi connectivity index (χ1) is 14.0. The maximum Gasteiger partial charge on any atom is 0.341 e. The Morgan fingerprint density at radius 2 is 1.86 bits per heavy atom. The lowest BCUT2D eigenvalue weighted by Gasteiger charge is -2.08. The summed E-state index contributed by atoms with van der Waals surface area (Å²) in [7, 11) is 0. The van der Waals surface area contributed by atoms with Gasteiger partial charge >= 0.3 is 5.97 Å². The molecule has 1 heterocycles. The predicted octanol–water partition coefficient (Wildman–Crippen LogP) is 6.55. The summed E-state index contributed by atoms with van der Waals surface area (Å²) >= 11 is 13.2. The molecule has 1 N–H and O–H groups in total. The molecule has 29 heavy (non-hydrogen) atoms. The molecule has 0 atom stereocenters. The number of carbonyl (C=O) groups is 2. The number of hydrogen-bond acceptors (Lipinski definition) is 4. The highest BCUT2D eigenvalue weighted by Gasteiger charge is 2.22. The summed E-state index contributed by atoms with van der Waals surface area (Å²) in [5, 5.41) is 5.89. The Labute approximate surface area is 182 Å². The SMILES string of the molecule is CCOC(=O)c1c(-c2ccccc2)csc1NC(=O)C=Cc1ccc(Cl)c(Cl)c1. The van der Waals surface area contributed by atoms with Crippen LogP contribution in [-0.4, -0.2) is 18.5 Å². The third-order valence-electron chi connectivity index (χ3n) is 3.96. The summed E-state index contributed by atoms with van der Waals surface area (Å²) in [4.78, 5) is 25.0. The lowest BCUT2D eigenvalue weighted by atomic mass is 10.0. The van der Waals surface area contributed by atoms with Crippen LogP contribution in [0, 0.1) is 0 Å². The third-order valence-corrected chi connectivity index (χ3v) is 5.60. The first kappa shape index (κ1) is 21.1. The molecule has 0 unspecified atom stereocenters. The van der Waals surface area contributed by atoms with E-state index in [1.165, 1.54) is 17.4 Å². The maximum atomic E-state index is 12.5. The fourth-order valence-electron chi connectivity index (χ4n) is 2.63. The van der Waals surface area contributed by atoms with Crippen molar-refractivity contribution >= 4 is 57.5 Å². The van der Waals surface area contributed by atoms with Gasteiger partial charge in [0.25, 0.3) is 0 Å². The molecular weight excluding hydrogens is 429 g/mol. The molecule has 0 fully saturated rings. The standard InChI is InChI=1S/C22H17Cl2NO3S/c1-2-28-22(27)20-16(15-6-4-3-5-7-15)13-29-21(20)25-19(26)11-9-14-8-10-17(23)18(24)12-14/h3-13H,2H2,1H3,(H,25,26). The first-order valence-electron chi connectivity index (χ1n) is 8.77. The van der Waals surface area contributed by atoms with Crippen molar-refractivity contribution < 1.29 is 14.3 Å². The predicted molar refractivity (Wildman–Crippen MR) is 120 cm³/mol. The number of benzene rings is 2. The molecule has 0 aliphatic carbocycles. The van der Waals surface area contributed by atoms with Crippen molar-refractivity contribution in [3.8, 4) is 11.1 Å². The van der Waals surface area contributed by atoms with Gasteiger partial charge in [0, 0.05) is 17.0 Å². The van der Waals surface area contributed by atoms with Gasteiger partial charge in [-0.25, -0.2) is 4.79 Å². The Kier molecular flexibility index (Phi) is 7.09. The number of thiophene rings is 1. The minimum atomic E-state index is -0.476. The molecular formula is C22H17Cl2NO3S. The van der Waals surface area contributed by atoms with Crippen LogP contribution in [0.1, 0.15) is 22.8 Å². The van der Waals surface area contributed by atoms with Crippen molar-refractivity contribution in [1.82, 2.24) is 0 Å². The van der Waals surface area contributed by atoms with E-state index in [4.69, 9.17) is 27.9 Å². The van der Waals surface area contributed by atoms with Crippen LogP contribution in [0.3, 0.4) is 0 Å². The Balaban J connectivity index is 1.85. The zero-order valence-electron chi connectivity index (χ0n) is 15.4. The van der Waals surface area contributed by atoms with E-state index in [9.17, 15) is 9.59 Å². The Bertz CT molecular complexity index is 1060. The fraction of sp³-hybridized carbons (Fsp3) is 0.0909. The van der Waals surface area contributed by atoms with E-state index in [0.29, 0.717) is 20.6 Å². The average molecular weight is 446 g/mol. The molecule has 0 bridgehead atoms. The zero-order valence-corrected chi connectivity index (χ0v) is 17.8. The topological polar surface area (TPSA) is 55.4 Å². The number of halogens is 2. The van der Waals surface area contributed by atoms with Crippen molar-refractivity contribution in [3.05, 3.63) is 81.2 Å². The molecule has 3 aromatic rings. The lowest BCUT2D eigenvalue weighted by molar-refractivity contribution is -0.111. The molecule has 4 nitrogen and oxygen atoms in total. The van der Waals surface area contributed by atoms with Crippen LogP contribution in [0.5, 0.6) is 0 Å². The van der Waals surface area contributed by atoms with Crippen molar-refractivity contribution in [3.63, 3.8) is 0 Å². The summed E-state index contributed by atoms with van der Waals surface area (Å²) in [6.07, 6.45) is 2.99. The van der Waals surface area contributed by atoms with Crippen molar-refractivity contribution in [1.29, 1.82) is 0 Å². The summed E-state index contributed by atoms with van der Waals surface area (Å²) < 4.78 is 5.20. The second-order valence-electron chi connectivity index (χ2n) is 5.94. The number of anilines is 1. The van der Waals surface area contributed by atoms with Gasteiger partial charge in [-0.15, -0.1) is 11.3 Å². The highest BCUT2D eigenvalue weighted by Crippen LogP contribution is 2.36. The van der Waals surface area contributed by atoms with Gasteiger partial charge in [-0.1, -0.05) is 59.6 Å². The van der Waals surface area contributed by atoms with E-state index in [2.05, 4.69) is 5.32 Å². The van der Waals surface area contributed by atoms with Gasteiger partial charge < -0.3 is 10.1 Å². The van der Waals surface area contributed by atoms with E-state index in [0.717, 1.165) is 16.7 Å². The summed E-state index contributed by atoms with van der Waals surface area (Å²) in [5.41, 5.74) is 2.67. The number of esters is 1. The van der Waals surface area contributed by atoms with Crippen molar-refractivity contribution in [2.45, 2.75) is 6.92 Å². The smallest absolute Gasteiger partial charge is 0.341 e. The fourth-order valence-corrected chi connectivity index (χ4v) is 3.89. The van der Waals surface area contributed by atoms with Gasteiger partial charge in [0.2, 0.25) is 5.91 Å².